The van der Waals surface area contributed by atoms with Crippen molar-refractivity contribution < 1.29 is 27.1 Å². The zero-order chi connectivity index (χ0) is 25.7. The van der Waals surface area contributed by atoms with E-state index in [-0.39, 0.29) is 16.7 Å². The number of aryl methyl sites for hydroxylation is 1. The zero-order valence-electron chi connectivity index (χ0n) is 19.8. The highest BCUT2D eigenvalue weighted by molar-refractivity contribution is 6.24. The Hall–Kier alpha value is -3.47. The number of carbonyl (C=O) groups is 1. The number of carbonyl (C=O) groups excluding carboxylic acids is 1. The summed E-state index contributed by atoms with van der Waals surface area (Å²) in [7, 11) is 1.79. The number of aromatic nitrogens is 2. The third kappa shape index (κ3) is 4.21. The number of amidine groups is 1. The first kappa shape index (κ1) is 24.2. The predicted molar refractivity (Wildman–Crippen MR) is 124 cm³/mol. The molecule has 0 radical (unpaired) electrons. The van der Waals surface area contributed by atoms with Crippen LogP contribution in [-0.2, 0) is 22.8 Å². The van der Waals surface area contributed by atoms with Gasteiger partial charge in [0, 0.05) is 49.4 Å². The molecular weight excluding hydrogens is 478 g/mol. The number of ether oxygens (including phenoxy) is 1. The minimum Gasteiger partial charge on any atom is -0.381 e. The molecule has 5 rings (SSSR count). The fourth-order valence-corrected chi connectivity index (χ4v) is 4.91. The Morgan fingerprint density at radius 3 is 2.67 bits per heavy atom. The van der Waals surface area contributed by atoms with Crippen molar-refractivity contribution in [2.45, 2.75) is 37.5 Å². The van der Waals surface area contributed by atoms with Crippen molar-refractivity contribution in [3.05, 3.63) is 70.9 Å². The van der Waals surface area contributed by atoms with Gasteiger partial charge in [-0.15, -0.1) is 0 Å². The third-order valence-corrected chi connectivity index (χ3v) is 6.93. The van der Waals surface area contributed by atoms with Crippen LogP contribution in [0.3, 0.4) is 0 Å². The van der Waals surface area contributed by atoms with Crippen molar-refractivity contribution in [3.63, 3.8) is 0 Å². The Kier molecular flexibility index (Phi) is 5.98. The summed E-state index contributed by atoms with van der Waals surface area (Å²) in [5, 5.41) is 6.89. The normalized spacial score (nSPS) is 19.9. The van der Waals surface area contributed by atoms with Crippen LogP contribution in [0.2, 0.25) is 0 Å². The number of rotatable bonds is 4. The summed E-state index contributed by atoms with van der Waals surface area (Å²) in [5.41, 5.74) is -0.124. The van der Waals surface area contributed by atoms with Crippen LogP contribution < -0.4 is 5.32 Å². The summed E-state index contributed by atoms with van der Waals surface area (Å²) in [6.07, 6.45) is 3.79. The Morgan fingerprint density at radius 1 is 1.25 bits per heavy atom. The first-order valence-corrected chi connectivity index (χ1v) is 11.6. The molecule has 3 aliphatic heterocycles. The third-order valence-electron chi connectivity index (χ3n) is 6.93. The molecule has 1 N–H and O–H groups in total. The van der Waals surface area contributed by atoms with E-state index in [2.05, 4.69) is 15.4 Å². The molecule has 0 bridgehead atoms. The summed E-state index contributed by atoms with van der Waals surface area (Å²) < 4.78 is 61.5. The molecule has 1 aromatic heterocycles. The summed E-state index contributed by atoms with van der Waals surface area (Å²) in [5.74, 6) is -1.47. The van der Waals surface area contributed by atoms with E-state index in [0.717, 1.165) is 30.0 Å². The molecule has 0 saturated carbocycles. The van der Waals surface area contributed by atoms with Gasteiger partial charge in [0.25, 0.3) is 5.91 Å². The molecule has 3 aliphatic rings. The fraction of sp³-hybridized carbons (Fsp3) is 0.400. The fourth-order valence-electron chi connectivity index (χ4n) is 4.91. The summed E-state index contributed by atoms with van der Waals surface area (Å²) in [6, 6.07) is 2.04. The van der Waals surface area contributed by atoms with Crippen molar-refractivity contribution in [2.75, 3.05) is 19.8 Å². The van der Waals surface area contributed by atoms with E-state index in [1.54, 1.807) is 24.0 Å². The number of alkyl halides is 3. The van der Waals surface area contributed by atoms with Crippen LogP contribution >= 0.6 is 0 Å². The van der Waals surface area contributed by atoms with Crippen LogP contribution in [-0.4, -0.2) is 51.7 Å². The highest BCUT2D eigenvalue weighted by Crippen LogP contribution is 2.39. The van der Waals surface area contributed by atoms with Crippen LogP contribution in [0.1, 0.15) is 42.5 Å². The average molecular weight is 504 g/mol. The first-order valence-electron chi connectivity index (χ1n) is 11.6. The van der Waals surface area contributed by atoms with Crippen LogP contribution in [0.4, 0.5) is 17.6 Å². The van der Waals surface area contributed by atoms with Crippen molar-refractivity contribution in [1.29, 1.82) is 0 Å². The molecule has 1 amide bonds. The average Bonchev–Trinajstić information content (AvgIpc) is 3.42. The van der Waals surface area contributed by atoms with Gasteiger partial charge < -0.3 is 15.0 Å². The lowest BCUT2D eigenvalue weighted by Crippen LogP contribution is -2.52. The molecule has 1 spiro atoms. The van der Waals surface area contributed by atoms with E-state index >= 15 is 0 Å². The van der Waals surface area contributed by atoms with E-state index in [4.69, 9.17) is 4.74 Å². The highest BCUT2D eigenvalue weighted by atomic mass is 19.4. The number of fused-ring (bicyclic) bond motifs is 2. The van der Waals surface area contributed by atoms with E-state index in [0.29, 0.717) is 31.7 Å². The zero-order valence-corrected chi connectivity index (χ0v) is 19.8. The van der Waals surface area contributed by atoms with E-state index < -0.39 is 29.5 Å². The number of hydrogen-bond donors (Lipinski definition) is 1. The molecule has 11 heteroatoms. The number of nitrogens with zero attached hydrogens (tertiary/aromatic N) is 4. The molecule has 1 atom stereocenters. The SMILES string of the molecule is C[C@@H](NC(=O)C1=CC(c2cnn(C)c2)=CN2C1=NCC21CCOCC1)c1cccc(C(F)(F)F)c1F. The Bertz CT molecular complexity index is 1290. The number of amides is 1. The molecule has 4 heterocycles. The molecular formula is C25H25F4N5O2. The van der Waals surface area contributed by atoms with Gasteiger partial charge in [-0.2, -0.15) is 18.3 Å². The van der Waals surface area contributed by atoms with Gasteiger partial charge in [-0.05, 0) is 31.9 Å². The second-order valence-corrected chi connectivity index (χ2v) is 9.29. The molecule has 1 saturated heterocycles. The van der Waals surface area contributed by atoms with E-state index in [9.17, 15) is 22.4 Å². The van der Waals surface area contributed by atoms with Gasteiger partial charge >= 0.3 is 6.18 Å². The number of nitrogens with one attached hydrogen (secondary N) is 1. The van der Waals surface area contributed by atoms with Gasteiger partial charge in [0.2, 0.25) is 0 Å². The van der Waals surface area contributed by atoms with E-state index in [1.807, 2.05) is 17.3 Å². The number of allylic oxidation sites excluding steroid dienone is 2. The highest BCUT2D eigenvalue weighted by Gasteiger charge is 2.46. The van der Waals surface area contributed by atoms with Crippen LogP contribution in [0.25, 0.3) is 5.57 Å². The first-order chi connectivity index (χ1) is 17.1. The van der Waals surface area contributed by atoms with Gasteiger partial charge in [0.1, 0.15) is 11.7 Å². The largest absolute Gasteiger partial charge is 0.419 e. The maximum Gasteiger partial charge on any atom is 0.419 e. The van der Waals surface area contributed by atoms with E-state index in [1.165, 1.54) is 13.0 Å². The van der Waals surface area contributed by atoms with Gasteiger partial charge in [-0.3, -0.25) is 14.5 Å². The van der Waals surface area contributed by atoms with Crippen molar-refractivity contribution >= 4 is 17.3 Å². The molecule has 7 nitrogen and oxygen atoms in total. The van der Waals surface area contributed by atoms with Crippen molar-refractivity contribution in [1.82, 2.24) is 20.0 Å². The van der Waals surface area contributed by atoms with Crippen molar-refractivity contribution in [2.24, 2.45) is 12.0 Å². The Morgan fingerprint density at radius 2 is 2.00 bits per heavy atom. The number of hydrogen-bond acceptors (Lipinski definition) is 5. The van der Waals surface area contributed by atoms with Crippen LogP contribution in [0.5, 0.6) is 0 Å². The van der Waals surface area contributed by atoms with Crippen LogP contribution in [0.15, 0.2) is 53.4 Å². The summed E-state index contributed by atoms with van der Waals surface area (Å²) in [4.78, 5) is 20.2. The maximum absolute atomic E-state index is 14.7. The number of halogens is 4. The second-order valence-electron chi connectivity index (χ2n) is 9.29. The van der Waals surface area contributed by atoms with Gasteiger partial charge in [-0.1, -0.05) is 12.1 Å². The molecule has 2 aromatic rings. The van der Waals surface area contributed by atoms with Gasteiger partial charge in [0.15, 0.2) is 0 Å². The molecule has 190 valence electrons. The summed E-state index contributed by atoms with van der Waals surface area (Å²) in [6.45, 7) is 3.09. The lowest BCUT2D eigenvalue weighted by atomic mass is 9.87. The van der Waals surface area contributed by atoms with Gasteiger partial charge in [-0.25, -0.2) is 4.39 Å². The number of aliphatic imine (C=N–C) groups is 1. The maximum atomic E-state index is 14.7. The monoisotopic (exact) mass is 503 g/mol. The minimum absolute atomic E-state index is 0.247. The number of benzene rings is 1. The molecule has 0 aliphatic carbocycles. The smallest absolute Gasteiger partial charge is 0.381 e. The molecule has 1 aromatic carbocycles. The molecule has 1 fully saturated rings. The topological polar surface area (TPSA) is 71.8 Å². The lowest BCUT2D eigenvalue weighted by molar-refractivity contribution is -0.140. The van der Waals surface area contributed by atoms with Crippen molar-refractivity contribution in [3.8, 4) is 0 Å². The minimum atomic E-state index is -4.84. The van der Waals surface area contributed by atoms with Crippen LogP contribution in [0, 0.1) is 5.82 Å². The quantitative estimate of drug-likeness (QED) is 0.641. The Balaban J connectivity index is 1.47. The van der Waals surface area contributed by atoms with Gasteiger partial charge in [0.05, 0.1) is 35.5 Å². The molecule has 36 heavy (non-hydrogen) atoms. The Labute approximate surface area is 205 Å². The second kappa shape index (κ2) is 8.88. The summed E-state index contributed by atoms with van der Waals surface area (Å²) >= 11 is 0. The lowest BCUT2D eigenvalue weighted by Gasteiger charge is -2.42. The standard InChI is InChI=1S/C25H25F4N5O2/c1-15(18-4-3-5-20(21(18)26)25(27,28)29)32-23(35)19-10-16(17-11-31-33(2)12-17)13-34-22(19)30-14-24(34)6-8-36-9-7-24/h3-5,10-13,15H,6-9,14H2,1-2H3,(H,32,35)/t15-/m1/s1. The molecule has 0 unspecified atom stereocenters. The predicted octanol–water partition coefficient (Wildman–Crippen LogP) is 4.00.